The van der Waals surface area contributed by atoms with Gasteiger partial charge in [-0.3, -0.25) is 4.79 Å². The third-order valence-corrected chi connectivity index (χ3v) is 3.93. The number of phenols is 1. The predicted octanol–water partition coefficient (Wildman–Crippen LogP) is 3.84. The molecule has 1 atom stereocenters. The summed E-state index contributed by atoms with van der Waals surface area (Å²) in [5, 5.41) is 10.3. The van der Waals surface area contributed by atoms with E-state index in [1.807, 2.05) is 4.90 Å². The van der Waals surface area contributed by atoms with Crippen LogP contribution in [0, 0.1) is 0 Å². The van der Waals surface area contributed by atoms with Gasteiger partial charge in [0.1, 0.15) is 5.75 Å². The van der Waals surface area contributed by atoms with Crippen LogP contribution in [0.2, 0.25) is 5.02 Å². The van der Waals surface area contributed by atoms with E-state index in [9.17, 15) is 9.90 Å². The van der Waals surface area contributed by atoms with E-state index in [0.29, 0.717) is 16.6 Å². The Bertz CT molecular complexity index is 459. The summed E-state index contributed by atoms with van der Waals surface area (Å²) in [5.41, 5.74) is 0.315. The molecule has 0 bridgehead atoms. The summed E-state index contributed by atoms with van der Waals surface area (Å²) in [6.07, 6.45) is 5.35. The van der Waals surface area contributed by atoms with Crippen LogP contribution in [0.25, 0.3) is 0 Å². The lowest BCUT2D eigenvalue weighted by Gasteiger charge is -2.36. The van der Waals surface area contributed by atoms with E-state index in [1.54, 1.807) is 12.1 Å². The van der Waals surface area contributed by atoms with E-state index in [2.05, 4.69) is 6.92 Å². The summed E-state index contributed by atoms with van der Waals surface area (Å²) in [5.74, 6) is -0.0895. The van der Waals surface area contributed by atoms with Crippen LogP contribution in [0.3, 0.4) is 0 Å². The van der Waals surface area contributed by atoms with E-state index >= 15 is 0 Å². The minimum atomic E-state index is -0.0989. The lowest BCUT2D eigenvalue weighted by Crippen LogP contribution is -2.43. The Labute approximate surface area is 119 Å². The summed E-state index contributed by atoms with van der Waals surface area (Å²) >= 11 is 5.92. The molecule has 3 nitrogen and oxygen atoms in total. The van der Waals surface area contributed by atoms with Crippen LogP contribution in [0.5, 0.6) is 5.75 Å². The number of amides is 1. The van der Waals surface area contributed by atoms with Crippen LogP contribution in [0.4, 0.5) is 0 Å². The molecule has 1 fully saturated rings. The fraction of sp³-hybridized carbons (Fsp3) is 0.533. The fourth-order valence-electron chi connectivity index (χ4n) is 2.74. The topological polar surface area (TPSA) is 40.5 Å². The zero-order valence-electron chi connectivity index (χ0n) is 11.2. The fourth-order valence-corrected chi connectivity index (χ4v) is 2.91. The quantitative estimate of drug-likeness (QED) is 0.914. The number of piperidine rings is 1. The second-order valence-corrected chi connectivity index (χ2v) is 5.53. The SMILES string of the molecule is CCCC1CCCCN1C(=O)c1cc(Cl)ccc1O. The van der Waals surface area contributed by atoms with E-state index < -0.39 is 0 Å². The van der Waals surface area contributed by atoms with Crippen LogP contribution in [0.1, 0.15) is 49.4 Å². The van der Waals surface area contributed by atoms with Crippen molar-refractivity contribution in [2.45, 2.75) is 45.1 Å². The van der Waals surface area contributed by atoms with Gasteiger partial charge in [-0.1, -0.05) is 24.9 Å². The molecule has 1 heterocycles. The molecule has 4 heteroatoms. The van der Waals surface area contributed by atoms with Gasteiger partial charge in [0.25, 0.3) is 5.91 Å². The number of carbonyl (C=O) groups is 1. The highest BCUT2D eigenvalue weighted by molar-refractivity contribution is 6.31. The average molecular weight is 282 g/mol. The average Bonchev–Trinajstić information content (AvgIpc) is 2.42. The molecule has 104 valence electrons. The molecule has 0 aliphatic carbocycles. The van der Waals surface area contributed by atoms with Crippen molar-refractivity contribution in [3.8, 4) is 5.75 Å². The lowest BCUT2D eigenvalue weighted by molar-refractivity contribution is 0.0597. The van der Waals surface area contributed by atoms with Crippen LogP contribution < -0.4 is 0 Å². The van der Waals surface area contributed by atoms with Gasteiger partial charge in [0, 0.05) is 17.6 Å². The van der Waals surface area contributed by atoms with E-state index in [1.165, 1.54) is 12.5 Å². The molecule has 1 amide bonds. The molecule has 1 N–H and O–H groups in total. The van der Waals surface area contributed by atoms with Crippen molar-refractivity contribution >= 4 is 17.5 Å². The second-order valence-electron chi connectivity index (χ2n) is 5.10. The number of hydrogen-bond donors (Lipinski definition) is 1. The first-order valence-electron chi connectivity index (χ1n) is 6.93. The molecule has 1 aromatic rings. The number of hydrogen-bond acceptors (Lipinski definition) is 2. The van der Waals surface area contributed by atoms with Crippen LogP contribution in [-0.2, 0) is 0 Å². The van der Waals surface area contributed by atoms with E-state index in [4.69, 9.17) is 11.6 Å². The number of carbonyl (C=O) groups excluding carboxylic acids is 1. The molecule has 2 rings (SSSR count). The van der Waals surface area contributed by atoms with Crippen molar-refractivity contribution in [1.29, 1.82) is 0 Å². The predicted molar refractivity (Wildman–Crippen MR) is 76.7 cm³/mol. The number of aromatic hydroxyl groups is 1. The smallest absolute Gasteiger partial charge is 0.257 e. The molecule has 1 aliphatic rings. The first kappa shape index (κ1) is 14.2. The third kappa shape index (κ3) is 3.21. The first-order chi connectivity index (χ1) is 9.13. The van der Waals surface area contributed by atoms with Crippen molar-refractivity contribution in [1.82, 2.24) is 4.90 Å². The Morgan fingerprint density at radius 2 is 2.26 bits per heavy atom. The number of benzene rings is 1. The van der Waals surface area contributed by atoms with Crippen molar-refractivity contribution in [3.63, 3.8) is 0 Å². The molecule has 1 saturated heterocycles. The summed E-state index contributed by atoms with van der Waals surface area (Å²) in [6, 6.07) is 4.92. The Kier molecular flexibility index (Phi) is 4.70. The van der Waals surface area contributed by atoms with E-state index in [0.717, 1.165) is 32.2 Å². The van der Waals surface area contributed by atoms with Crippen LogP contribution in [-0.4, -0.2) is 28.5 Å². The summed E-state index contributed by atoms with van der Waals surface area (Å²) in [4.78, 5) is 14.5. The number of rotatable bonds is 3. The van der Waals surface area contributed by atoms with Gasteiger partial charge in [-0.2, -0.15) is 0 Å². The van der Waals surface area contributed by atoms with Crippen LogP contribution >= 0.6 is 11.6 Å². The number of likely N-dealkylation sites (tertiary alicyclic amines) is 1. The van der Waals surface area contributed by atoms with Gasteiger partial charge in [-0.15, -0.1) is 0 Å². The molecule has 19 heavy (non-hydrogen) atoms. The van der Waals surface area contributed by atoms with Gasteiger partial charge in [0.05, 0.1) is 5.56 Å². The molecule has 0 aromatic heterocycles. The molecule has 1 aromatic carbocycles. The van der Waals surface area contributed by atoms with Crippen molar-refractivity contribution in [2.24, 2.45) is 0 Å². The maximum absolute atomic E-state index is 12.6. The van der Waals surface area contributed by atoms with Gasteiger partial charge >= 0.3 is 0 Å². The summed E-state index contributed by atoms with van der Waals surface area (Å²) in [7, 11) is 0. The number of phenolic OH excluding ortho intramolecular Hbond substituents is 1. The minimum Gasteiger partial charge on any atom is -0.507 e. The third-order valence-electron chi connectivity index (χ3n) is 3.70. The maximum Gasteiger partial charge on any atom is 0.257 e. The van der Waals surface area contributed by atoms with Crippen LogP contribution in [0.15, 0.2) is 18.2 Å². The molecule has 1 unspecified atom stereocenters. The Hall–Kier alpha value is -1.22. The normalized spacial score (nSPS) is 19.5. The van der Waals surface area contributed by atoms with Gasteiger partial charge in [-0.05, 0) is 43.9 Å². The molecule has 0 spiro atoms. The zero-order chi connectivity index (χ0) is 13.8. The van der Waals surface area contributed by atoms with Gasteiger partial charge in [0.15, 0.2) is 0 Å². The zero-order valence-corrected chi connectivity index (χ0v) is 12.0. The van der Waals surface area contributed by atoms with Crippen molar-refractivity contribution in [3.05, 3.63) is 28.8 Å². The molecular formula is C15H20ClNO2. The highest BCUT2D eigenvalue weighted by Crippen LogP contribution is 2.27. The summed E-state index contributed by atoms with van der Waals surface area (Å²) in [6.45, 7) is 2.91. The van der Waals surface area contributed by atoms with Gasteiger partial charge < -0.3 is 10.0 Å². The van der Waals surface area contributed by atoms with Crippen molar-refractivity contribution < 1.29 is 9.90 Å². The maximum atomic E-state index is 12.6. The van der Waals surface area contributed by atoms with E-state index in [-0.39, 0.29) is 11.7 Å². The Balaban J connectivity index is 2.23. The molecule has 0 radical (unpaired) electrons. The van der Waals surface area contributed by atoms with Gasteiger partial charge in [-0.25, -0.2) is 0 Å². The minimum absolute atomic E-state index is 0.00946. The van der Waals surface area contributed by atoms with Gasteiger partial charge in [0.2, 0.25) is 0 Å². The highest BCUT2D eigenvalue weighted by Gasteiger charge is 2.28. The Morgan fingerprint density at radius 1 is 1.47 bits per heavy atom. The number of nitrogens with zero attached hydrogens (tertiary/aromatic N) is 1. The monoisotopic (exact) mass is 281 g/mol. The second kappa shape index (κ2) is 6.29. The Morgan fingerprint density at radius 3 is 3.00 bits per heavy atom. The lowest BCUT2D eigenvalue weighted by atomic mass is 9.97. The molecule has 1 aliphatic heterocycles. The number of halogens is 1. The van der Waals surface area contributed by atoms with Crippen molar-refractivity contribution in [2.75, 3.05) is 6.54 Å². The highest BCUT2D eigenvalue weighted by atomic mass is 35.5. The largest absolute Gasteiger partial charge is 0.507 e. The molecule has 0 saturated carbocycles. The standard InChI is InChI=1S/C15H20ClNO2/c1-2-5-12-6-3-4-9-17(12)15(19)13-10-11(16)7-8-14(13)18/h7-8,10,12,18H,2-6,9H2,1H3. The first-order valence-corrected chi connectivity index (χ1v) is 7.30. The molecular weight excluding hydrogens is 262 g/mol. The summed E-state index contributed by atoms with van der Waals surface area (Å²) < 4.78 is 0.